The van der Waals surface area contributed by atoms with E-state index in [0.29, 0.717) is 13.2 Å². The predicted octanol–water partition coefficient (Wildman–Crippen LogP) is 3.01. The summed E-state index contributed by atoms with van der Waals surface area (Å²) in [6.45, 7) is 8.10. The normalized spacial score (nSPS) is 9.89. The molecule has 0 aliphatic heterocycles. The van der Waals surface area contributed by atoms with Gasteiger partial charge in [-0.2, -0.15) is 0 Å². The summed E-state index contributed by atoms with van der Waals surface area (Å²) in [5.41, 5.74) is 0.155. The molecule has 4 heteroatoms. The third-order valence-electron chi connectivity index (χ3n) is 2.43. The molecular formula is C14H24O4. The Morgan fingerprint density at radius 2 is 1.67 bits per heavy atom. The predicted molar refractivity (Wildman–Crippen MR) is 70.1 cm³/mol. The lowest BCUT2D eigenvalue weighted by Crippen LogP contribution is -2.13. The van der Waals surface area contributed by atoms with E-state index in [-0.39, 0.29) is 12.0 Å². The van der Waals surface area contributed by atoms with Gasteiger partial charge in [0.25, 0.3) is 0 Å². The minimum absolute atomic E-state index is 0.0947. The van der Waals surface area contributed by atoms with Crippen LogP contribution < -0.4 is 0 Å². The van der Waals surface area contributed by atoms with Gasteiger partial charge in [-0.15, -0.1) is 0 Å². The van der Waals surface area contributed by atoms with Crippen LogP contribution in [0.4, 0.5) is 0 Å². The molecule has 0 aromatic carbocycles. The molecule has 0 unspecified atom stereocenters. The number of hydrogen-bond acceptors (Lipinski definition) is 4. The Bertz CT molecular complexity index is 271. The molecule has 104 valence electrons. The molecule has 0 fully saturated rings. The highest BCUT2D eigenvalue weighted by Gasteiger charge is 2.13. The Balaban J connectivity index is 3.62. The van der Waals surface area contributed by atoms with Crippen molar-refractivity contribution >= 4 is 11.9 Å². The first-order chi connectivity index (χ1) is 8.61. The van der Waals surface area contributed by atoms with E-state index in [9.17, 15) is 9.59 Å². The van der Waals surface area contributed by atoms with Crippen LogP contribution in [0.1, 0.15) is 52.4 Å². The summed E-state index contributed by atoms with van der Waals surface area (Å²) in [7, 11) is 0. The summed E-state index contributed by atoms with van der Waals surface area (Å²) in [6.07, 6.45) is 5.39. The van der Waals surface area contributed by atoms with E-state index in [1.54, 1.807) is 6.92 Å². The van der Waals surface area contributed by atoms with Gasteiger partial charge >= 0.3 is 11.9 Å². The maximum atomic E-state index is 11.4. The second-order valence-electron chi connectivity index (χ2n) is 4.14. The molecule has 4 nitrogen and oxygen atoms in total. The molecule has 0 N–H and O–H groups in total. The van der Waals surface area contributed by atoms with Crippen LogP contribution in [-0.2, 0) is 19.1 Å². The van der Waals surface area contributed by atoms with Gasteiger partial charge in [0.2, 0.25) is 0 Å². The molecule has 0 aromatic rings. The van der Waals surface area contributed by atoms with Gasteiger partial charge in [0.15, 0.2) is 0 Å². The maximum absolute atomic E-state index is 11.4. The molecule has 0 amide bonds. The summed E-state index contributed by atoms with van der Waals surface area (Å²) in [5, 5.41) is 0. The summed E-state index contributed by atoms with van der Waals surface area (Å²) < 4.78 is 9.74. The maximum Gasteiger partial charge on any atom is 0.333 e. The highest BCUT2D eigenvalue weighted by molar-refractivity contribution is 5.93. The third-order valence-corrected chi connectivity index (χ3v) is 2.43. The fourth-order valence-electron chi connectivity index (χ4n) is 1.43. The molecule has 0 heterocycles. The van der Waals surface area contributed by atoms with Crippen molar-refractivity contribution in [2.45, 2.75) is 52.4 Å². The van der Waals surface area contributed by atoms with Gasteiger partial charge in [-0.1, -0.05) is 39.2 Å². The summed E-state index contributed by atoms with van der Waals surface area (Å²) in [6, 6.07) is 0. The number of carbonyl (C=O) groups excluding carboxylic acids is 2. The molecule has 0 aliphatic rings. The molecule has 0 aliphatic carbocycles. The van der Waals surface area contributed by atoms with Gasteiger partial charge in [0.1, 0.15) is 0 Å². The van der Waals surface area contributed by atoms with Crippen molar-refractivity contribution in [2.24, 2.45) is 0 Å². The van der Waals surface area contributed by atoms with Crippen molar-refractivity contribution < 1.29 is 19.1 Å². The van der Waals surface area contributed by atoms with Gasteiger partial charge in [-0.3, -0.25) is 4.79 Å². The molecular weight excluding hydrogens is 232 g/mol. The number of rotatable bonds is 10. The Hall–Kier alpha value is -1.32. The average Bonchev–Trinajstić information content (AvgIpc) is 2.33. The lowest BCUT2D eigenvalue weighted by Gasteiger charge is -2.06. The van der Waals surface area contributed by atoms with E-state index in [1.807, 2.05) is 0 Å². The van der Waals surface area contributed by atoms with E-state index < -0.39 is 11.9 Å². The van der Waals surface area contributed by atoms with Crippen LogP contribution in [0.3, 0.4) is 0 Å². The molecule has 0 radical (unpaired) electrons. The minimum Gasteiger partial charge on any atom is -0.466 e. The second-order valence-corrected chi connectivity index (χ2v) is 4.14. The van der Waals surface area contributed by atoms with Gasteiger partial charge in [0, 0.05) is 5.57 Å². The van der Waals surface area contributed by atoms with Gasteiger partial charge in [0.05, 0.1) is 19.6 Å². The van der Waals surface area contributed by atoms with Crippen molar-refractivity contribution in [1.82, 2.24) is 0 Å². The van der Waals surface area contributed by atoms with Crippen molar-refractivity contribution in [1.29, 1.82) is 0 Å². The SMILES string of the molecule is C=C(CC(=O)OCC)C(=O)OCCCCCCC. The standard InChI is InChI=1S/C14H24O4/c1-4-6-7-8-9-10-18-14(16)12(3)11-13(15)17-5-2/h3-11H2,1-2H3. The van der Waals surface area contributed by atoms with E-state index in [1.165, 1.54) is 12.8 Å². The van der Waals surface area contributed by atoms with Crippen molar-refractivity contribution in [2.75, 3.05) is 13.2 Å². The first-order valence-electron chi connectivity index (χ1n) is 6.62. The smallest absolute Gasteiger partial charge is 0.333 e. The fourth-order valence-corrected chi connectivity index (χ4v) is 1.43. The zero-order valence-corrected chi connectivity index (χ0v) is 11.5. The molecule has 0 spiro atoms. The molecule has 0 saturated heterocycles. The van der Waals surface area contributed by atoms with Crippen LogP contribution in [0.2, 0.25) is 0 Å². The number of hydrogen-bond donors (Lipinski definition) is 0. The average molecular weight is 256 g/mol. The first kappa shape index (κ1) is 16.7. The Labute approximate surface area is 109 Å². The van der Waals surface area contributed by atoms with Crippen LogP contribution >= 0.6 is 0 Å². The molecule has 0 rings (SSSR count). The molecule has 0 saturated carbocycles. The fraction of sp³-hybridized carbons (Fsp3) is 0.714. The third kappa shape index (κ3) is 8.79. The van der Waals surface area contributed by atoms with Crippen LogP contribution in [0.15, 0.2) is 12.2 Å². The van der Waals surface area contributed by atoms with E-state index in [2.05, 4.69) is 13.5 Å². The lowest BCUT2D eigenvalue weighted by atomic mass is 10.2. The Morgan fingerprint density at radius 3 is 2.28 bits per heavy atom. The van der Waals surface area contributed by atoms with Crippen LogP contribution in [0.25, 0.3) is 0 Å². The van der Waals surface area contributed by atoms with Gasteiger partial charge in [-0.25, -0.2) is 4.79 Å². The Kier molecular flexibility index (Phi) is 10.0. The lowest BCUT2D eigenvalue weighted by molar-refractivity contribution is -0.146. The molecule has 0 atom stereocenters. The quantitative estimate of drug-likeness (QED) is 0.342. The highest BCUT2D eigenvalue weighted by Crippen LogP contribution is 2.06. The number of esters is 2. The zero-order valence-electron chi connectivity index (χ0n) is 11.5. The summed E-state index contributed by atoms with van der Waals surface area (Å²) >= 11 is 0. The number of unbranched alkanes of at least 4 members (excludes halogenated alkanes) is 4. The molecule has 0 bridgehead atoms. The van der Waals surface area contributed by atoms with Gasteiger partial charge in [-0.05, 0) is 13.3 Å². The van der Waals surface area contributed by atoms with E-state index in [4.69, 9.17) is 9.47 Å². The van der Waals surface area contributed by atoms with Gasteiger partial charge < -0.3 is 9.47 Å². The minimum atomic E-state index is -0.501. The van der Waals surface area contributed by atoms with Crippen molar-refractivity contribution in [3.8, 4) is 0 Å². The van der Waals surface area contributed by atoms with Crippen LogP contribution in [-0.4, -0.2) is 25.2 Å². The second kappa shape index (κ2) is 10.8. The van der Waals surface area contributed by atoms with Crippen LogP contribution in [0, 0.1) is 0 Å². The van der Waals surface area contributed by atoms with Crippen LogP contribution in [0.5, 0.6) is 0 Å². The zero-order chi connectivity index (χ0) is 13.8. The number of carbonyl (C=O) groups is 2. The monoisotopic (exact) mass is 256 g/mol. The van der Waals surface area contributed by atoms with Crippen molar-refractivity contribution in [3.05, 3.63) is 12.2 Å². The molecule has 0 aromatic heterocycles. The topological polar surface area (TPSA) is 52.6 Å². The Morgan fingerprint density at radius 1 is 1.00 bits per heavy atom. The summed E-state index contributed by atoms with van der Waals surface area (Å²) in [5.74, 6) is -0.944. The van der Waals surface area contributed by atoms with Crippen molar-refractivity contribution in [3.63, 3.8) is 0 Å². The number of ether oxygens (including phenoxy) is 2. The first-order valence-corrected chi connectivity index (χ1v) is 6.62. The summed E-state index contributed by atoms with van der Waals surface area (Å²) in [4.78, 5) is 22.6. The molecule has 18 heavy (non-hydrogen) atoms. The largest absolute Gasteiger partial charge is 0.466 e. The highest BCUT2D eigenvalue weighted by atomic mass is 16.5. The van der Waals surface area contributed by atoms with E-state index >= 15 is 0 Å². The van der Waals surface area contributed by atoms with E-state index in [0.717, 1.165) is 19.3 Å².